The summed E-state index contributed by atoms with van der Waals surface area (Å²) in [4.78, 5) is 30.2. The monoisotopic (exact) mass is 539 g/mol. The quantitative estimate of drug-likeness (QED) is 0.277. The number of benzene rings is 2. The summed E-state index contributed by atoms with van der Waals surface area (Å²) in [5.41, 5.74) is 9.51. The molecule has 2 aromatic carbocycles. The van der Waals surface area contributed by atoms with Gasteiger partial charge in [0.1, 0.15) is 28.9 Å². The highest BCUT2D eigenvalue weighted by Gasteiger charge is 2.20. The van der Waals surface area contributed by atoms with Gasteiger partial charge in [-0.2, -0.15) is 5.26 Å². The Morgan fingerprint density at radius 2 is 1.90 bits per heavy atom. The lowest BCUT2D eigenvalue weighted by Gasteiger charge is -2.16. The van der Waals surface area contributed by atoms with Crippen molar-refractivity contribution in [2.24, 2.45) is 0 Å². The van der Waals surface area contributed by atoms with Gasteiger partial charge in [0.2, 0.25) is 0 Å². The first-order chi connectivity index (χ1) is 19.2. The normalized spacial score (nSPS) is 11.7. The highest BCUT2D eigenvalue weighted by Crippen LogP contribution is 2.28. The maximum atomic E-state index is 13.7. The molecular weight excluding hydrogens is 516 g/mol. The maximum absolute atomic E-state index is 13.7. The summed E-state index contributed by atoms with van der Waals surface area (Å²) in [6.07, 6.45) is 4.69. The number of aryl methyl sites for hydroxylation is 1. The Bertz CT molecular complexity index is 1780. The lowest BCUT2D eigenvalue weighted by molar-refractivity contribution is 0.0935. The number of nitriles is 1. The lowest BCUT2D eigenvalue weighted by Crippen LogP contribution is -2.29. The second-order valence-corrected chi connectivity index (χ2v) is 9.02. The number of amides is 1. The number of anilines is 2. The van der Waals surface area contributed by atoms with Crippen LogP contribution >= 0.6 is 0 Å². The molecule has 40 heavy (non-hydrogen) atoms. The van der Waals surface area contributed by atoms with Crippen molar-refractivity contribution in [1.82, 2.24) is 29.7 Å². The molecule has 0 aliphatic carbocycles. The fourth-order valence-corrected chi connectivity index (χ4v) is 4.24. The van der Waals surface area contributed by atoms with Crippen LogP contribution in [0.1, 0.15) is 46.1 Å². The van der Waals surface area contributed by atoms with E-state index >= 15 is 0 Å². The molecule has 1 amide bonds. The summed E-state index contributed by atoms with van der Waals surface area (Å²) < 4.78 is 28.9. The van der Waals surface area contributed by atoms with Gasteiger partial charge in [-0.3, -0.25) is 9.20 Å². The van der Waals surface area contributed by atoms with E-state index in [9.17, 15) is 18.8 Å². The summed E-state index contributed by atoms with van der Waals surface area (Å²) in [5.74, 6) is -1.30. The highest BCUT2D eigenvalue weighted by molar-refractivity contribution is 5.97. The molecule has 0 unspecified atom stereocenters. The lowest BCUT2D eigenvalue weighted by atomic mass is 10.1. The van der Waals surface area contributed by atoms with E-state index in [4.69, 9.17) is 5.73 Å². The number of carbonyl (C=O) groups excluding carboxylic acids is 1. The second-order valence-electron chi connectivity index (χ2n) is 9.02. The Hall–Kier alpha value is -5.44. The number of imidazole rings is 1. The molecule has 1 atom stereocenters. The first kappa shape index (κ1) is 26.2. The molecule has 5 aromatic rings. The number of nitrogens with zero attached hydrogens (tertiary/aromatic N) is 6. The van der Waals surface area contributed by atoms with Crippen molar-refractivity contribution in [2.75, 3.05) is 11.1 Å². The number of nitrogens with two attached hydrogens (primary N) is 1. The molecule has 200 valence electrons. The van der Waals surface area contributed by atoms with Gasteiger partial charge in [0.25, 0.3) is 5.91 Å². The third kappa shape index (κ3) is 5.12. The number of carbonyl (C=O) groups is 1. The number of rotatable bonds is 7. The Labute approximate surface area is 227 Å². The van der Waals surface area contributed by atoms with Crippen LogP contribution in [0.3, 0.4) is 0 Å². The average molecular weight is 540 g/mol. The number of aromatic nitrogens is 5. The minimum atomic E-state index is -1.02. The molecule has 0 aliphatic rings. The Morgan fingerprint density at radius 1 is 1.12 bits per heavy atom. The number of fused-ring (bicyclic) bond motifs is 1. The third-order valence-corrected chi connectivity index (χ3v) is 6.34. The second kappa shape index (κ2) is 10.7. The fraction of sp³-hybridized carbons (Fsp3) is 0.143. The van der Waals surface area contributed by atoms with E-state index < -0.39 is 23.6 Å². The van der Waals surface area contributed by atoms with Gasteiger partial charge in [-0.1, -0.05) is 30.3 Å². The largest absolute Gasteiger partial charge is 0.382 e. The van der Waals surface area contributed by atoms with Crippen LogP contribution in [0.4, 0.5) is 20.4 Å². The van der Waals surface area contributed by atoms with Crippen LogP contribution in [-0.4, -0.2) is 30.2 Å². The smallest absolute Gasteiger partial charge is 0.274 e. The molecule has 3 aromatic heterocycles. The third-order valence-electron chi connectivity index (χ3n) is 6.34. The summed E-state index contributed by atoms with van der Waals surface area (Å²) in [5, 5.41) is 15.0. The first-order valence-electron chi connectivity index (χ1n) is 12.2. The van der Waals surface area contributed by atoms with Crippen LogP contribution < -0.4 is 16.4 Å². The maximum Gasteiger partial charge on any atom is 0.274 e. The van der Waals surface area contributed by atoms with Crippen LogP contribution in [0.5, 0.6) is 0 Å². The van der Waals surface area contributed by atoms with Crippen LogP contribution in [0, 0.1) is 29.9 Å². The Balaban J connectivity index is 1.34. The van der Waals surface area contributed by atoms with Gasteiger partial charge < -0.3 is 16.4 Å². The van der Waals surface area contributed by atoms with E-state index in [-0.39, 0.29) is 17.2 Å². The van der Waals surface area contributed by atoms with E-state index in [1.165, 1.54) is 12.3 Å². The van der Waals surface area contributed by atoms with E-state index in [1.54, 1.807) is 19.3 Å². The zero-order valence-corrected chi connectivity index (χ0v) is 21.5. The summed E-state index contributed by atoms with van der Waals surface area (Å²) >= 11 is 0. The number of nitrogens with one attached hydrogen (secondary N) is 2. The molecule has 0 radical (unpaired) electrons. The minimum Gasteiger partial charge on any atom is -0.382 e. The van der Waals surface area contributed by atoms with Gasteiger partial charge in [0.15, 0.2) is 28.8 Å². The molecule has 0 bridgehead atoms. The standard InChI is InChI=1S/C28H23F2N9O/c1-15(19-7-8-21(29)22(30)11-19)36-28(40)24-27(35-14-20(12-31)38-24)34-13-17-3-5-18(6-4-17)23-25-26(32)33-9-10-39(25)16(2)37-23/h3-11,14-15H,13H2,1-2H3,(H2,32,33)(H,34,35)(H,36,40)/t15-/m0/s1. The van der Waals surface area contributed by atoms with Gasteiger partial charge >= 0.3 is 0 Å². The molecule has 4 N–H and O–H groups in total. The number of hydrogen-bond donors (Lipinski definition) is 3. The molecule has 0 aliphatic heterocycles. The van der Waals surface area contributed by atoms with Crippen molar-refractivity contribution in [3.8, 4) is 17.3 Å². The van der Waals surface area contributed by atoms with E-state index in [0.29, 0.717) is 17.9 Å². The van der Waals surface area contributed by atoms with E-state index in [2.05, 4.69) is 30.6 Å². The zero-order chi connectivity index (χ0) is 28.4. The van der Waals surface area contributed by atoms with Crippen LogP contribution in [-0.2, 0) is 6.54 Å². The van der Waals surface area contributed by atoms with Gasteiger partial charge in [0, 0.05) is 24.5 Å². The number of hydrogen-bond acceptors (Lipinski definition) is 8. The summed E-state index contributed by atoms with van der Waals surface area (Å²) in [7, 11) is 0. The topological polar surface area (TPSA) is 147 Å². The molecule has 0 saturated carbocycles. The number of halogens is 2. The molecule has 0 saturated heterocycles. The van der Waals surface area contributed by atoms with Gasteiger partial charge in [0.05, 0.1) is 12.2 Å². The van der Waals surface area contributed by atoms with Crippen molar-refractivity contribution in [2.45, 2.75) is 26.4 Å². The minimum absolute atomic E-state index is 0.0446. The molecular formula is C28H23F2N9O. The number of nitrogen functional groups attached to an aromatic ring is 1. The summed E-state index contributed by atoms with van der Waals surface area (Å²) in [6, 6.07) is 12.2. The van der Waals surface area contributed by atoms with Crippen LogP contribution in [0.2, 0.25) is 0 Å². The SMILES string of the molecule is Cc1nc(-c2ccc(CNc3ncc(C#N)nc3C(=O)N[C@@H](C)c3ccc(F)c(F)c3)cc2)c2c(N)nccn12. The molecule has 12 heteroatoms. The van der Waals surface area contributed by atoms with E-state index in [1.807, 2.05) is 41.7 Å². The van der Waals surface area contributed by atoms with Crippen molar-refractivity contribution in [1.29, 1.82) is 5.26 Å². The van der Waals surface area contributed by atoms with Gasteiger partial charge in [-0.15, -0.1) is 0 Å². The molecule has 0 fully saturated rings. The van der Waals surface area contributed by atoms with Gasteiger partial charge in [-0.05, 0) is 37.1 Å². The van der Waals surface area contributed by atoms with Crippen LogP contribution in [0.15, 0.2) is 61.1 Å². The van der Waals surface area contributed by atoms with Crippen molar-refractivity contribution in [3.63, 3.8) is 0 Å². The summed E-state index contributed by atoms with van der Waals surface area (Å²) in [6.45, 7) is 3.81. The molecule has 5 rings (SSSR count). The van der Waals surface area contributed by atoms with Crippen molar-refractivity contribution < 1.29 is 13.6 Å². The molecule has 3 heterocycles. The highest BCUT2D eigenvalue weighted by atomic mass is 19.2. The fourth-order valence-electron chi connectivity index (χ4n) is 4.24. The molecule has 10 nitrogen and oxygen atoms in total. The van der Waals surface area contributed by atoms with Crippen molar-refractivity contribution in [3.05, 3.63) is 101 Å². The predicted octanol–water partition coefficient (Wildman–Crippen LogP) is 4.33. The average Bonchev–Trinajstić information content (AvgIpc) is 3.31. The first-order valence-corrected chi connectivity index (χ1v) is 12.2. The van der Waals surface area contributed by atoms with E-state index in [0.717, 1.165) is 40.3 Å². The van der Waals surface area contributed by atoms with Gasteiger partial charge in [-0.25, -0.2) is 28.7 Å². The Morgan fingerprint density at radius 3 is 2.62 bits per heavy atom. The Kier molecular flexibility index (Phi) is 7.03. The van der Waals surface area contributed by atoms with Crippen LogP contribution in [0.25, 0.3) is 16.8 Å². The molecule has 0 spiro atoms. The zero-order valence-electron chi connectivity index (χ0n) is 21.5. The van der Waals surface area contributed by atoms with Crippen molar-refractivity contribution >= 4 is 23.1 Å². The predicted molar refractivity (Wildman–Crippen MR) is 144 cm³/mol.